The van der Waals surface area contributed by atoms with Crippen molar-refractivity contribution in [3.8, 4) is 0 Å². The van der Waals surface area contributed by atoms with Gasteiger partial charge in [0.05, 0.1) is 0 Å². The summed E-state index contributed by atoms with van der Waals surface area (Å²) in [7, 11) is 0. The van der Waals surface area contributed by atoms with Gasteiger partial charge in [-0.25, -0.2) is 4.79 Å². The Labute approximate surface area is 203 Å². The van der Waals surface area contributed by atoms with Crippen LogP contribution in [-0.2, 0) is 11.2 Å². The number of ether oxygens (including phenoxy) is 1. The molecule has 7 atom stereocenters. The molecule has 3 fully saturated rings. The molecule has 0 unspecified atom stereocenters. The third kappa shape index (κ3) is 3.03. The van der Waals surface area contributed by atoms with Crippen molar-refractivity contribution >= 4 is 6.09 Å². The van der Waals surface area contributed by atoms with E-state index in [1.165, 1.54) is 11.1 Å². The molecule has 2 aromatic rings. The number of carbonyl (C=O) groups is 1. The van der Waals surface area contributed by atoms with Crippen LogP contribution in [0.25, 0.3) is 0 Å². The number of hydrogen-bond acceptors (Lipinski definition) is 3. The van der Waals surface area contributed by atoms with Gasteiger partial charge in [0.2, 0.25) is 0 Å². The van der Waals surface area contributed by atoms with Crippen LogP contribution in [-0.4, -0.2) is 34.3 Å². The number of hydrogen-bond donors (Lipinski definition) is 1. The van der Waals surface area contributed by atoms with Crippen molar-refractivity contribution in [1.29, 1.82) is 0 Å². The Morgan fingerprint density at radius 3 is 2.65 bits per heavy atom. The fourth-order valence-corrected chi connectivity index (χ4v) is 8.26. The van der Waals surface area contributed by atoms with Gasteiger partial charge in [-0.15, -0.1) is 0 Å². The second-order valence-electron chi connectivity index (χ2n) is 11.4. The maximum absolute atomic E-state index is 13.3. The van der Waals surface area contributed by atoms with Crippen LogP contribution in [0.3, 0.4) is 0 Å². The highest BCUT2D eigenvalue weighted by Crippen LogP contribution is 2.67. The molecule has 0 bridgehead atoms. The van der Waals surface area contributed by atoms with E-state index in [1.54, 1.807) is 0 Å². The average Bonchev–Trinajstić information content (AvgIpc) is 3.27. The smallest absolute Gasteiger partial charge is 0.411 e. The molecule has 1 amide bonds. The fourth-order valence-electron chi connectivity index (χ4n) is 8.26. The summed E-state index contributed by atoms with van der Waals surface area (Å²) in [6.45, 7) is 5.10. The van der Waals surface area contributed by atoms with Crippen molar-refractivity contribution < 1.29 is 14.6 Å². The zero-order valence-corrected chi connectivity index (χ0v) is 20.5. The molecular weight excluding hydrogens is 422 g/mol. The van der Waals surface area contributed by atoms with Gasteiger partial charge < -0.3 is 9.84 Å². The van der Waals surface area contributed by atoms with E-state index < -0.39 is 11.7 Å². The van der Waals surface area contributed by atoms with Gasteiger partial charge in [0, 0.05) is 12.0 Å². The summed E-state index contributed by atoms with van der Waals surface area (Å²) in [5, 5.41) is 12.1. The lowest BCUT2D eigenvalue weighted by molar-refractivity contribution is -0.0983. The standard InChI is InChI=1S/C30H37NO3/c1-3-4-18-31-26(21-11-6-5-7-12-21)30(34-28(31)33)19-25-24-15-14-20-10-8-9-13-22(20)23(24)16-17-29(25,2)27(30)32/h5-13,23-27,32H,3-4,14-19H2,1-2H3/t23-,24-,25+,26+,27-,29+,30-/m1/s1. The largest absolute Gasteiger partial charge is 0.437 e. The van der Waals surface area contributed by atoms with Crippen LogP contribution in [0.15, 0.2) is 54.6 Å². The third-order valence-electron chi connectivity index (χ3n) is 9.86. The number of benzene rings is 2. The fraction of sp³-hybridized carbons (Fsp3) is 0.567. The van der Waals surface area contributed by atoms with Crippen molar-refractivity contribution in [2.45, 2.75) is 82.5 Å². The minimum atomic E-state index is -0.878. The number of unbranched alkanes of at least 4 members (excludes halogenated alkanes) is 1. The molecule has 0 aromatic heterocycles. The van der Waals surface area contributed by atoms with Gasteiger partial charge >= 0.3 is 6.09 Å². The Hall–Kier alpha value is -2.33. The Morgan fingerprint density at radius 2 is 1.85 bits per heavy atom. The van der Waals surface area contributed by atoms with Gasteiger partial charge in [0.25, 0.3) is 0 Å². The van der Waals surface area contributed by atoms with Crippen molar-refractivity contribution in [1.82, 2.24) is 4.90 Å². The van der Waals surface area contributed by atoms with Gasteiger partial charge in [-0.1, -0.05) is 74.9 Å². The summed E-state index contributed by atoms with van der Waals surface area (Å²) in [4.78, 5) is 15.2. The van der Waals surface area contributed by atoms with E-state index in [9.17, 15) is 9.90 Å². The van der Waals surface area contributed by atoms with Crippen LogP contribution in [0.4, 0.5) is 4.79 Å². The first-order valence-corrected chi connectivity index (χ1v) is 13.3. The summed E-state index contributed by atoms with van der Waals surface area (Å²) < 4.78 is 6.34. The molecule has 1 N–H and O–H groups in total. The second kappa shape index (κ2) is 8.12. The first-order valence-electron chi connectivity index (χ1n) is 13.3. The highest BCUT2D eigenvalue weighted by atomic mass is 16.6. The van der Waals surface area contributed by atoms with E-state index in [1.807, 2.05) is 23.1 Å². The molecule has 1 heterocycles. The quantitative estimate of drug-likeness (QED) is 0.588. The van der Waals surface area contributed by atoms with Crippen molar-refractivity contribution in [2.24, 2.45) is 17.3 Å². The minimum Gasteiger partial charge on any atom is -0.437 e. The summed E-state index contributed by atoms with van der Waals surface area (Å²) in [6, 6.07) is 19.0. The maximum Gasteiger partial charge on any atom is 0.411 e. The van der Waals surface area contributed by atoms with Crippen LogP contribution in [0.1, 0.15) is 81.0 Å². The minimum absolute atomic E-state index is 0.235. The lowest BCUT2D eigenvalue weighted by atomic mass is 9.55. The SMILES string of the molecule is CCCCN1C(=O)O[C@]2(C[C@H]3[C@@H]4CCc5ccccc5[C@H]4CC[C@]3(C)[C@H]2O)[C@@H]1c1ccccc1. The molecule has 1 spiro atoms. The molecule has 2 aromatic carbocycles. The number of rotatable bonds is 4. The lowest BCUT2D eigenvalue weighted by Crippen LogP contribution is -2.50. The van der Waals surface area contributed by atoms with Gasteiger partial charge in [0.15, 0.2) is 5.60 Å². The molecule has 4 aliphatic rings. The van der Waals surface area contributed by atoms with Crippen molar-refractivity contribution in [3.05, 3.63) is 71.3 Å². The summed E-state index contributed by atoms with van der Waals surface area (Å²) in [5.41, 5.74) is 2.99. The van der Waals surface area contributed by atoms with E-state index in [0.29, 0.717) is 24.3 Å². The summed E-state index contributed by atoms with van der Waals surface area (Å²) in [6.07, 6.45) is 6.14. The van der Waals surface area contributed by atoms with E-state index in [0.717, 1.165) is 50.5 Å². The van der Waals surface area contributed by atoms with E-state index in [2.05, 4.69) is 50.2 Å². The van der Waals surface area contributed by atoms with Gasteiger partial charge in [-0.3, -0.25) is 4.90 Å². The molecule has 4 nitrogen and oxygen atoms in total. The Morgan fingerprint density at radius 1 is 1.09 bits per heavy atom. The number of aliphatic hydroxyl groups is 1. The molecule has 3 aliphatic carbocycles. The zero-order chi connectivity index (χ0) is 23.5. The molecular formula is C30H37NO3. The first-order chi connectivity index (χ1) is 16.5. The monoisotopic (exact) mass is 459 g/mol. The zero-order valence-electron chi connectivity index (χ0n) is 20.5. The van der Waals surface area contributed by atoms with Crippen LogP contribution in [0.2, 0.25) is 0 Å². The number of carbonyl (C=O) groups excluding carboxylic acids is 1. The Balaban J connectivity index is 1.41. The van der Waals surface area contributed by atoms with Crippen LogP contribution >= 0.6 is 0 Å². The normalized spacial score (nSPS) is 38.4. The molecule has 6 rings (SSSR count). The summed E-state index contributed by atoms with van der Waals surface area (Å²) >= 11 is 0. The molecule has 2 saturated carbocycles. The molecule has 1 saturated heterocycles. The molecule has 180 valence electrons. The number of aliphatic hydroxyl groups excluding tert-OH is 1. The number of aryl methyl sites for hydroxylation is 1. The molecule has 1 aliphatic heterocycles. The van der Waals surface area contributed by atoms with Crippen molar-refractivity contribution in [2.75, 3.05) is 6.54 Å². The molecule has 0 radical (unpaired) electrons. The predicted octanol–water partition coefficient (Wildman–Crippen LogP) is 6.25. The number of nitrogens with zero attached hydrogens (tertiary/aromatic N) is 1. The number of amides is 1. The van der Waals surface area contributed by atoms with E-state index in [4.69, 9.17) is 4.74 Å². The molecule has 34 heavy (non-hydrogen) atoms. The topological polar surface area (TPSA) is 49.8 Å². The van der Waals surface area contributed by atoms with Gasteiger partial charge in [0.1, 0.15) is 12.1 Å². The third-order valence-corrected chi connectivity index (χ3v) is 9.86. The highest BCUT2D eigenvalue weighted by molar-refractivity contribution is 5.72. The number of fused-ring (bicyclic) bond motifs is 5. The lowest BCUT2D eigenvalue weighted by Gasteiger charge is -2.49. The Kier molecular flexibility index (Phi) is 5.29. The van der Waals surface area contributed by atoms with Crippen LogP contribution in [0.5, 0.6) is 0 Å². The highest BCUT2D eigenvalue weighted by Gasteiger charge is 2.71. The van der Waals surface area contributed by atoms with E-state index >= 15 is 0 Å². The van der Waals surface area contributed by atoms with Gasteiger partial charge in [-0.2, -0.15) is 0 Å². The molecule has 4 heteroatoms. The van der Waals surface area contributed by atoms with E-state index in [-0.39, 0.29) is 17.6 Å². The second-order valence-corrected chi connectivity index (χ2v) is 11.4. The maximum atomic E-state index is 13.3. The van der Waals surface area contributed by atoms with Crippen LogP contribution < -0.4 is 0 Å². The van der Waals surface area contributed by atoms with Gasteiger partial charge in [-0.05, 0) is 73.0 Å². The predicted molar refractivity (Wildman–Crippen MR) is 132 cm³/mol. The Bertz CT molecular complexity index is 1070. The first kappa shape index (κ1) is 22.2. The van der Waals surface area contributed by atoms with Crippen molar-refractivity contribution in [3.63, 3.8) is 0 Å². The summed E-state index contributed by atoms with van der Waals surface area (Å²) in [5.74, 6) is 1.43. The average molecular weight is 460 g/mol. The van der Waals surface area contributed by atoms with Crippen LogP contribution in [0, 0.1) is 17.3 Å².